The van der Waals surface area contributed by atoms with E-state index in [1.54, 1.807) is 56.7 Å². The van der Waals surface area contributed by atoms with Gasteiger partial charge in [0.2, 0.25) is 11.9 Å². The Labute approximate surface area is 151 Å². The summed E-state index contributed by atoms with van der Waals surface area (Å²) in [6.07, 6.45) is 0.147. The molecule has 1 aliphatic heterocycles. The monoisotopic (exact) mass is 353 g/mol. The van der Waals surface area contributed by atoms with Gasteiger partial charge in [-0.25, -0.2) is 4.99 Å². The standard InChI is InChI=1S/C19H19N3O4/c1-25-13-8-9-16(26-2)14(10-13)15-11-17(23)21-19(20-15)22-18(24)12-6-4-3-5-7-12/h3-10,15H,11H2,1-2H3,(H2,20,21,22,23,24). The molecular weight excluding hydrogens is 334 g/mol. The fourth-order valence-electron chi connectivity index (χ4n) is 2.70. The van der Waals surface area contributed by atoms with E-state index in [4.69, 9.17) is 9.47 Å². The van der Waals surface area contributed by atoms with E-state index in [-0.39, 0.29) is 24.2 Å². The molecule has 0 radical (unpaired) electrons. The predicted octanol–water partition coefficient (Wildman–Crippen LogP) is 2.05. The Morgan fingerprint density at radius 1 is 1.15 bits per heavy atom. The van der Waals surface area contributed by atoms with E-state index >= 15 is 0 Å². The summed E-state index contributed by atoms with van der Waals surface area (Å²) < 4.78 is 10.6. The van der Waals surface area contributed by atoms with E-state index in [9.17, 15) is 9.59 Å². The summed E-state index contributed by atoms with van der Waals surface area (Å²) in [5, 5.41) is 5.23. The summed E-state index contributed by atoms with van der Waals surface area (Å²) in [5.41, 5.74) is 1.19. The van der Waals surface area contributed by atoms with E-state index in [2.05, 4.69) is 15.6 Å². The van der Waals surface area contributed by atoms with Gasteiger partial charge in [-0.3, -0.25) is 20.2 Å². The molecule has 0 bridgehead atoms. The van der Waals surface area contributed by atoms with Crippen LogP contribution < -0.4 is 20.1 Å². The Hall–Kier alpha value is -3.35. The Balaban J connectivity index is 1.88. The van der Waals surface area contributed by atoms with Crippen LogP contribution in [0.3, 0.4) is 0 Å². The minimum Gasteiger partial charge on any atom is -0.497 e. The zero-order chi connectivity index (χ0) is 18.5. The van der Waals surface area contributed by atoms with Gasteiger partial charge in [0, 0.05) is 11.1 Å². The third kappa shape index (κ3) is 3.83. The number of rotatable bonds is 4. The summed E-state index contributed by atoms with van der Waals surface area (Å²) in [6.45, 7) is 0. The number of aliphatic imine (C=N–C) groups is 1. The normalized spacial score (nSPS) is 16.3. The molecule has 2 amide bonds. The Kier molecular flexibility index (Phi) is 5.17. The van der Waals surface area contributed by atoms with Crippen molar-refractivity contribution in [3.8, 4) is 11.5 Å². The van der Waals surface area contributed by atoms with E-state index in [0.717, 1.165) is 0 Å². The molecule has 26 heavy (non-hydrogen) atoms. The zero-order valence-corrected chi connectivity index (χ0v) is 14.5. The second kappa shape index (κ2) is 7.69. The van der Waals surface area contributed by atoms with Gasteiger partial charge in [-0.05, 0) is 30.3 Å². The van der Waals surface area contributed by atoms with Crippen molar-refractivity contribution >= 4 is 17.8 Å². The molecule has 7 nitrogen and oxygen atoms in total. The second-order valence-corrected chi connectivity index (χ2v) is 5.67. The van der Waals surface area contributed by atoms with Crippen LogP contribution in [-0.2, 0) is 4.79 Å². The van der Waals surface area contributed by atoms with Crippen molar-refractivity contribution in [3.05, 3.63) is 59.7 Å². The molecule has 1 atom stereocenters. The van der Waals surface area contributed by atoms with Gasteiger partial charge >= 0.3 is 0 Å². The summed E-state index contributed by atoms with van der Waals surface area (Å²) >= 11 is 0. The molecule has 0 aromatic heterocycles. The van der Waals surface area contributed by atoms with E-state index in [1.807, 2.05) is 6.07 Å². The maximum absolute atomic E-state index is 12.3. The summed E-state index contributed by atoms with van der Waals surface area (Å²) in [7, 11) is 3.12. The maximum Gasteiger partial charge on any atom is 0.257 e. The van der Waals surface area contributed by atoms with Gasteiger partial charge in [0.25, 0.3) is 5.91 Å². The SMILES string of the molecule is COc1ccc(OC)c(C2CC(=O)NC(NC(=O)c3ccccc3)=N2)c1. The lowest BCUT2D eigenvalue weighted by molar-refractivity contribution is -0.120. The first-order chi connectivity index (χ1) is 12.6. The minimum atomic E-state index is -0.486. The van der Waals surface area contributed by atoms with Gasteiger partial charge in [0.1, 0.15) is 11.5 Å². The van der Waals surface area contributed by atoms with Crippen molar-refractivity contribution in [1.82, 2.24) is 10.6 Å². The molecule has 134 valence electrons. The quantitative estimate of drug-likeness (QED) is 0.880. The highest BCUT2D eigenvalue weighted by Gasteiger charge is 2.26. The van der Waals surface area contributed by atoms with Gasteiger partial charge in [0.05, 0.1) is 26.7 Å². The van der Waals surface area contributed by atoms with Gasteiger partial charge < -0.3 is 9.47 Å². The highest BCUT2D eigenvalue weighted by atomic mass is 16.5. The Bertz CT molecular complexity index is 849. The molecule has 7 heteroatoms. The van der Waals surface area contributed by atoms with Crippen LogP contribution in [0.25, 0.3) is 0 Å². The van der Waals surface area contributed by atoms with Crippen molar-refractivity contribution in [2.45, 2.75) is 12.5 Å². The lowest BCUT2D eigenvalue weighted by Gasteiger charge is -2.23. The number of carbonyl (C=O) groups excluding carboxylic acids is 2. The van der Waals surface area contributed by atoms with Crippen LogP contribution in [0, 0.1) is 0 Å². The predicted molar refractivity (Wildman–Crippen MR) is 96.4 cm³/mol. The summed E-state index contributed by atoms with van der Waals surface area (Å²) in [6, 6.07) is 13.5. The van der Waals surface area contributed by atoms with Crippen LogP contribution in [0.2, 0.25) is 0 Å². The number of hydrogen-bond donors (Lipinski definition) is 2. The average molecular weight is 353 g/mol. The Morgan fingerprint density at radius 2 is 1.92 bits per heavy atom. The molecule has 3 rings (SSSR count). The average Bonchev–Trinajstić information content (AvgIpc) is 2.67. The number of amides is 2. The third-order valence-electron chi connectivity index (χ3n) is 3.99. The number of nitrogens with zero attached hydrogens (tertiary/aromatic N) is 1. The first-order valence-electron chi connectivity index (χ1n) is 8.06. The molecule has 1 aliphatic rings. The van der Waals surface area contributed by atoms with Crippen LogP contribution in [0.15, 0.2) is 53.5 Å². The zero-order valence-electron chi connectivity index (χ0n) is 14.5. The largest absolute Gasteiger partial charge is 0.497 e. The maximum atomic E-state index is 12.3. The van der Waals surface area contributed by atoms with Gasteiger partial charge in [-0.2, -0.15) is 0 Å². The van der Waals surface area contributed by atoms with Crippen LogP contribution >= 0.6 is 0 Å². The number of ether oxygens (including phenoxy) is 2. The summed E-state index contributed by atoms with van der Waals surface area (Å²) in [5.74, 6) is 0.769. The van der Waals surface area contributed by atoms with Crippen molar-refractivity contribution < 1.29 is 19.1 Å². The number of guanidine groups is 1. The lowest BCUT2D eigenvalue weighted by Crippen LogP contribution is -2.47. The van der Waals surface area contributed by atoms with Crippen LogP contribution in [-0.4, -0.2) is 32.0 Å². The van der Waals surface area contributed by atoms with Gasteiger partial charge in [-0.15, -0.1) is 0 Å². The number of hydrogen-bond acceptors (Lipinski definition) is 5. The fourth-order valence-corrected chi connectivity index (χ4v) is 2.70. The molecule has 0 saturated carbocycles. The minimum absolute atomic E-state index is 0.116. The third-order valence-corrected chi connectivity index (χ3v) is 3.99. The highest BCUT2D eigenvalue weighted by Crippen LogP contribution is 2.34. The van der Waals surface area contributed by atoms with Crippen molar-refractivity contribution in [3.63, 3.8) is 0 Å². The molecule has 2 aromatic carbocycles. The van der Waals surface area contributed by atoms with E-state index in [1.165, 1.54) is 0 Å². The number of methoxy groups -OCH3 is 2. The Morgan fingerprint density at radius 3 is 2.62 bits per heavy atom. The van der Waals surface area contributed by atoms with Crippen LogP contribution in [0.5, 0.6) is 11.5 Å². The molecule has 1 heterocycles. The topological polar surface area (TPSA) is 89.0 Å². The molecule has 0 saturated heterocycles. The van der Waals surface area contributed by atoms with E-state index in [0.29, 0.717) is 22.6 Å². The molecule has 0 spiro atoms. The van der Waals surface area contributed by atoms with Gasteiger partial charge in [-0.1, -0.05) is 18.2 Å². The van der Waals surface area contributed by atoms with Gasteiger partial charge in [0.15, 0.2) is 0 Å². The van der Waals surface area contributed by atoms with Crippen LogP contribution in [0.1, 0.15) is 28.4 Å². The smallest absolute Gasteiger partial charge is 0.257 e. The first-order valence-corrected chi connectivity index (χ1v) is 8.06. The molecule has 0 fully saturated rings. The van der Waals surface area contributed by atoms with Crippen LogP contribution in [0.4, 0.5) is 0 Å². The second-order valence-electron chi connectivity index (χ2n) is 5.67. The van der Waals surface area contributed by atoms with E-state index < -0.39 is 6.04 Å². The van der Waals surface area contributed by atoms with Crippen molar-refractivity contribution in [2.75, 3.05) is 14.2 Å². The molecule has 0 aliphatic carbocycles. The lowest BCUT2D eigenvalue weighted by atomic mass is 10.0. The van der Waals surface area contributed by atoms with Crippen molar-refractivity contribution in [1.29, 1.82) is 0 Å². The number of carbonyl (C=O) groups is 2. The molecule has 1 unspecified atom stereocenters. The molecule has 2 N–H and O–H groups in total. The molecular formula is C19H19N3O4. The summed E-state index contributed by atoms with van der Waals surface area (Å²) in [4.78, 5) is 28.9. The fraction of sp³-hybridized carbons (Fsp3) is 0.211. The van der Waals surface area contributed by atoms with Crippen molar-refractivity contribution in [2.24, 2.45) is 4.99 Å². The number of benzene rings is 2. The first kappa shape index (κ1) is 17.5. The molecule has 2 aromatic rings. The number of nitrogens with one attached hydrogen (secondary N) is 2. The highest BCUT2D eigenvalue weighted by molar-refractivity contribution is 6.10.